The summed E-state index contributed by atoms with van der Waals surface area (Å²) in [6.45, 7) is 6.20. The average Bonchev–Trinajstić information content (AvgIpc) is 2.97. The molecule has 6 nitrogen and oxygen atoms in total. The summed E-state index contributed by atoms with van der Waals surface area (Å²) in [6, 6.07) is 3.71. The van der Waals surface area contributed by atoms with Crippen LogP contribution < -0.4 is 10.6 Å². The second-order valence-electron chi connectivity index (χ2n) is 5.28. The maximum Gasteiger partial charge on any atom is 0.173 e. The molecule has 20 heavy (non-hydrogen) atoms. The van der Waals surface area contributed by atoms with Crippen molar-refractivity contribution in [2.24, 2.45) is 10.9 Å². The van der Waals surface area contributed by atoms with E-state index in [0.29, 0.717) is 5.56 Å². The van der Waals surface area contributed by atoms with Gasteiger partial charge in [-0.25, -0.2) is 4.98 Å². The lowest BCUT2D eigenvalue weighted by atomic mass is 10.2. The topological polar surface area (TPSA) is 78.0 Å². The normalized spacial score (nSPS) is 16.6. The number of nitrogens with zero attached hydrogens (tertiary/aromatic N) is 4. The summed E-state index contributed by atoms with van der Waals surface area (Å²) < 4.78 is 0. The summed E-state index contributed by atoms with van der Waals surface area (Å²) in [5, 5.41) is 12.0. The van der Waals surface area contributed by atoms with Crippen LogP contribution in [0.5, 0.6) is 0 Å². The number of anilines is 1. The van der Waals surface area contributed by atoms with Crippen molar-refractivity contribution in [2.75, 3.05) is 38.1 Å². The third-order valence-electron chi connectivity index (χ3n) is 3.71. The first-order valence-electron chi connectivity index (χ1n) is 7.01. The van der Waals surface area contributed by atoms with Gasteiger partial charge in [-0.1, -0.05) is 5.16 Å². The summed E-state index contributed by atoms with van der Waals surface area (Å²) in [5.74, 6) is 0.861. The van der Waals surface area contributed by atoms with Crippen molar-refractivity contribution in [3.05, 3.63) is 23.4 Å². The molecular weight excluding hydrogens is 254 g/mol. The van der Waals surface area contributed by atoms with Crippen molar-refractivity contribution < 1.29 is 5.21 Å². The van der Waals surface area contributed by atoms with Crippen LogP contribution >= 0.6 is 0 Å². The van der Waals surface area contributed by atoms with Crippen molar-refractivity contribution in [3.8, 4) is 0 Å². The van der Waals surface area contributed by atoms with Gasteiger partial charge in [0.25, 0.3) is 0 Å². The molecule has 0 radical (unpaired) electrons. The van der Waals surface area contributed by atoms with E-state index in [4.69, 9.17) is 10.9 Å². The highest BCUT2D eigenvalue weighted by Crippen LogP contribution is 2.17. The molecule has 110 valence electrons. The number of nitrogens with two attached hydrogens (primary N) is 1. The Kier molecular flexibility index (Phi) is 4.79. The highest BCUT2D eigenvalue weighted by Gasteiger charge is 2.16. The Labute approximate surface area is 119 Å². The van der Waals surface area contributed by atoms with Crippen molar-refractivity contribution >= 4 is 11.7 Å². The second-order valence-corrected chi connectivity index (χ2v) is 5.28. The predicted octanol–water partition coefficient (Wildman–Crippen LogP) is 1.02. The Bertz CT molecular complexity index is 482. The largest absolute Gasteiger partial charge is 0.409 e. The third kappa shape index (κ3) is 3.39. The monoisotopic (exact) mass is 277 g/mol. The minimum absolute atomic E-state index is 0.0977. The van der Waals surface area contributed by atoms with E-state index in [1.807, 2.05) is 26.1 Å². The Hall–Kier alpha value is -1.82. The number of oxime groups is 1. The van der Waals surface area contributed by atoms with Crippen LogP contribution in [0, 0.1) is 6.92 Å². The van der Waals surface area contributed by atoms with E-state index in [9.17, 15) is 0 Å². The number of aryl methyl sites for hydroxylation is 1. The number of pyridine rings is 1. The van der Waals surface area contributed by atoms with Crippen LogP contribution in [0.3, 0.4) is 0 Å². The molecule has 0 aliphatic carbocycles. The summed E-state index contributed by atoms with van der Waals surface area (Å²) >= 11 is 0. The molecule has 0 amide bonds. The van der Waals surface area contributed by atoms with Crippen molar-refractivity contribution in [1.29, 1.82) is 0 Å². The van der Waals surface area contributed by atoms with Gasteiger partial charge in [-0.15, -0.1) is 0 Å². The van der Waals surface area contributed by atoms with E-state index in [1.54, 1.807) is 0 Å². The predicted molar refractivity (Wildman–Crippen MR) is 80.4 cm³/mol. The first-order chi connectivity index (χ1) is 9.61. The number of hydrogen-bond acceptors (Lipinski definition) is 5. The minimum Gasteiger partial charge on any atom is -0.409 e. The van der Waals surface area contributed by atoms with E-state index in [2.05, 4.69) is 19.9 Å². The van der Waals surface area contributed by atoms with Crippen LogP contribution in [-0.2, 0) is 0 Å². The molecule has 3 N–H and O–H groups in total. The maximum atomic E-state index is 8.87. The second kappa shape index (κ2) is 6.56. The van der Waals surface area contributed by atoms with Gasteiger partial charge in [0.1, 0.15) is 5.82 Å². The van der Waals surface area contributed by atoms with E-state index >= 15 is 0 Å². The molecule has 1 aliphatic heterocycles. The number of likely N-dealkylation sites (N-methyl/N-ethyl adjacent to an activating group) is 1. The third-order valence-corrected chi connectivity index (χ3v) is 3.71. The fraction of sp³-hybridized carbons (Fsp3) is 0.571. The molecule has 1 aromatic rings. The van der Waals surface area contributed by atoms with Gasteiger partial charge in [-0.2, -0.15) is 0 Å². The molecule has 0 bridgehead atoms. The van der Waals surface area contributed by atoms with Gasteiger partial charge in [0.15, 0.2) is 5.84 Å². The minimum atomic E-state index is 0.0977. The summed E-state index contributed by atoms with van der Waals surface area (Å²) in [5.41, 5.74) is 7.31. The molecule has 0 aromatic carbocycles. The average molecular weight is 277 g/mol. The number of rotatable bonds is 5. The number of hydrogen-bond donors (Lipinski definition) is 2. The molecule has 1 fully saturated rings. The lowest BCUT2D eigenvalue weighted by Crippen LogP contribution is -2.33. The van der Waals surface area contributed by atoms with Gasteiger partial charge in [0.05, 0.1) is 5.56 Å². The van der Waals surface area contributed by atoms with Gasteiger partial charge < -0.3 is 20.7 Å². The molecule has 2 heterocycles. The fourth-order valence-corrected chi connectivity index (χ4v) is 2.49. The Morgan fingerprint density at radius 2 is 2.15 bits per heavy atom. The molecule has 1 aromatic heterocycles. The van der Waals surface area contributed by atoms with Gasteiger partial charge in [0, 0.05) is 25.8 Å². The first kappa shape index (κ1) is 14.6. The Balaban J connectivity index is 2.10. The lowest BCUT2D eigenvalue weighted by Gasteiger charge is -2.24. The van der Waals surface area contributed by atoms with Crippen LogP contribution in [0.2, 0.25) is 0 Å². The molecule has 1 saturated heterocycles. The standard InChI is InChI=1S/C14H23N5O/c1-11-5-6-12(13(15)17-20)14(16-11)18(2)9-10-19-7-3-4-8-19/h5-6,20H,3-4,7-10H2,1-2H3,(H2,15,17). The Morgan fingerprint density at radius 1 is 1.45 bits per heavy atom. The van der Waals surface area contributed by atoms with Crippen molar-refractivity contribution in [3.63, 3.8) is 0 Å². The van der Waals surface area contributed by atoms with Gasteiger partial charge in [-0.05, 0) is 45.0 Å². The Morgan fingerprint density at radius 3 is 2.80 bits per heavy atom. The fourth-order valence-electron chi connectivity index (χ4n) is 2.49. The zero-order chi connectivity index (χ0) is 14.5. The highest BCUT2D eigenvalue weighted by molar-refractivity contribution is 6.01. The van der Waals surface area contributed by atoms with Crippen molar-refractivity contribution in [1.82, 2.24) is 9.88 Å². The molecular formula is C14H23N5O. The van der Waals surface area contributed by atoms with E-state index < -0.39 is 0 Å². The SMILES string of the molecule is Cc1ccc(C(N)=NO)c(N(C)CCN2CCCC2)n1. The van der Waals surface area contributed by atoms with Crippen LogP contribution in [-0.4, -0.2) is 54.2 Å². The molecule has 1 aliphatic rings. The van der Waals surface area contributed by atoms with E-state index in [1.165, 1.54) is 25.9 Å². The molecule has 2 rings (SSSR count). The molecule has 0 spiro atoms. The van der Waals surface area contributed by atoms with Crippen LogP contribution in [0.15, 0.2) is 17.3 Å². The van der Waals surface area contributed by atoms with E-state index in [0.717, 1.165) is 24.6 Å². The summed E-state index contributed by atoms with van der Waals surface area (Å²) in [4.78, 5) is 9.04. The highest BCUT2D eigenvalue weighted by atomic mass is 16.4. The molecule has 0 atom stereocenters. The molecule has 6 heteroatoms. The number of aromatic nitrogens is 1. The van der Waals surface area contributed by atoms with Crippen LogP contribution in [0.25, 0.3) is 0 Å². The smallest absolute Gasteiger partial charge is 0.173 e. The van der Waals surface area contributed by atoms with Crippen LogP contribution in [0.4, 0.5) is 5.82 Å². The first-order valence-corrected chi connectivity index (χ1v) is 7.01. The maximum absolute atomic E-state index is 8.87. The molecule has 0 unspecified atom stereocenters. The van der Waals surface area contributed by atoms with Gasteiger partial charge >= 0.3 is 0 Å². The summed E-state index contributed by atoms with van der Waals surface area (Å²) in [6.07, 6.45) is 2.59. The number of amidine groups is 1. The van der Waals surface area contributed by atoms with Crippen LogP contribution in [0.1, 0.15) is 24.1 Å². The van der Waals surface area contributed by atoms with Gasteiger partial charge in [0.2, 0.25) is 0 Å². The van der Waals surface area contributed by atoms with Gasteiger partial charge in [-0.3, -0.25) is 0 Å². The zero-order valence-corrected chi connectivity index (χ0v) is 12.2. The zero-order valence-electron chi connectivity index (χ0n) is 12.2. The van der Waals surface area contributed by atoms with Crippen molar-refractivity contribution in [2.45, 2.75) is 19.8 Å². The quantitative estimate of drug-likeness (QED) is 0.363. The van der Waals surface area contributed by atoms with E-state index in [-0.39, 0.29) is 5.84 Å². The molecule has 0 saturated carbocycles. The number of likely N-dealkylation sites (tertiary alicyclic amines) is 1. The summed E-state index contributed by atoms with van der Waals surface area (Å²) in [7, 11) is 1.99. The lowest BCUT2D eigenvalue weighted by molar-refractivity contribution is 0.318.